The van der Waals surface area contributed by atoms with Gasteiger partial charge in [0.2, 0.25) is 0 Å². The molecule has 170 valence electrons. The van der Waals surface area contributed by atoms with Crippen molar-refractivity contribution >= 4 is 29.2 Å². The van der Waals surface area contributed by atoms with Gasteiger partial charge in [0.1, 0.15) is 11.6 Å². The summed E-state index contributed by atoms with van der Waals surface area (Å²) in [6, 6.07) is 4.27. The Hall–Kier alpha value is -2.82. The zero-order chi connectivity index (χ0) is 23.2. The van der Waals surface area contributed by atoms with Gasteiger partial charge in [-0.1, -0.05) is 6.07 Å². The van der Waals surface area contributed by atoms with Crippen molar-refractivity contribution in [2.75, 3.05) is 24.2 Å². The van der Waals surface area contributed by atoms with Gasteiger partial charge in [-0.3, -0.25) is 4.79 Å². The Bertz CT molecular complexity index is 1190. The van der Waals surface area contributed by atoms with Crippen molar-refractivity contribution in [3.8, 4) is 11.3 Å². The topological polar surface area (TPSA) is 70.7 Å². The first-order valence-electron chi connectivity index (χ1n) is 9.89. The summed E-state index contributed by atoms with van der Waals surface area (Å²) >= 11 is 1.45. The molecule has 4 rings (SSSR count). The van der Waals surface area contributed by atoms with Gasteiger partial charge >= 0.3 is 12.1 Å². The molecule has 3 heterocycles. The molecule has 0 amide bonds. The number of piperidine rings is 1. The molecular weight excluding hydrogens is 448 g/mol. The molecule has 3 aromatic rings. The number of rotatable bonds is 4. The zero-order valence-corrected chi connectivity index (χ0v) is 18.1. The van der Waals surface area contributed by atoms with Crippen molar-refractivity contribution in [2.24, 2.45) is 5.92 Å². The highest BCUT2D eigenvalue weighted by atomic mass is 32.2. The lowest BCUT2D eigenvalue weighted by molar-refractivity contribution is -0.142. The average Bonchev–Trinajstić information content (AvgIpc) is 3.15. The van der Waals surface area contributed by atoms with E-state index in [1.165, 1.54) is 17.8 Å². The van der Waals surface area contributed by atoms with E-state index in [4.69, 9.17) is 0 Å². The number of alkyl halides is 3. The standard InChI is InChI=1S/C21H20F4N4O2S/c1-11-18(32-2)19(28-7-3-4-13(10-28)20(30)31)29-17(26-11)9-16(27-29)12-5-6-14(15(22)8-12)21(23,24)25/h5-6,8-9,13H,3-4,7,10H2,1-2H3,(H,30,31). The van der Waals surface area contributed by atoms with Crippen LogP contribution in [-0.4, -0.2) is 45.0 Å². The number of fused-ring (bicyclic) bond motifs is 1. The van der Waals surface area contributed by atoms with Gasteiger partial charge in [-0.25, -0.2) is 9.37 Å². The number of aromatic nitrogens is 3. The first kappa shape index (κ1) is 22.4. The fourth-order valence-corrected chi connectivity index (χ4v) is 4.76. The number of aliphatic carboxylic acids is 1. The van der Waals surface area contributed by atoms with Crippen molar-refractivity contribution in [1.29, 1.82) is 0 Å². The molecule has 1 aliphatic rings. The Morgan fingerprint density at radius 1 is 1.28 bits per heavy atom. The van der Waals surface area contributed by atoms with Crippen molar-refractivity contribution in [3.05, 3.63) is 41.3 Å². The zero-order valence-electron chi connectivity index (χ0n) is 17.3. The molecule has 1 aromatic carbocycles. The number of hydrogen-bond acceptors (Lipinski definition) is 5. The minimum Gasteiger partial charge on any atom is -0.481 e. The summed E-state index contributed by atoms with van der Waals surface area (Å²) in [5.41, 5.74) is 0.302. The molecule has 0 saturated carbocycles. The second-order valence-corrected chi connectivity index (χ2v) is 8.49. The maximum Gasteiger partial charge on any atom is 0.419 e. The lowest BCUT2D eigenvalue weighted by Crippen LogP contribution is -2.40. The number of thioether (sulfide) groups is 1. The van der Waals surface area contributed by atoms with Crippen molar-refractivity contribution in [2.45, 2.75) is 30.8 Å². The molecule has 0 spiro atoms. The fraction of sp³-hybridized carbons (Fsp3) is 0.381. The largest absolute Gasteiger partial charge is 0.481 e. The summed E-state index contributed by atoms with van der Waals surface area (Å²) in [4.78, 5) is 18.9. The van der Waals surface area contributed by atoms with E-state index >= 15 is 0 Å². The molecule has 1 fully saturated rings. The number of carboxylic acids is 1. The molecule has 6 nitrogen and oxygen atoms in total. The van der Waals surface area contributed by atoms with Crippen LogP contribution in [-0.2, 0) is 11.0 Å². The van der Waals surface area contributed by atoms with Gasteiger partial charge in [0.05, 0.1) is 27.8 Å². The van der Waals surface area contributed by atoms with Crippen LogP contribution < -0.4 is 4.90 Å². The summed E-state index contributed by atoms with van der Waals surface area (Å²) in [7, 11) is 0. The molecule has 2 aromatic heterocycles. The van der Waals surface area contributed by atoms with Crippen LogP contribution in [0.25, 0.3) is 16.9 Å². The maximum absolute atomic E-state index is 14.1. The normalized spacial score (nSPS) is 17.2. The summed E-state index contributed by atoms with van der Waals surface area (Å²) in [6.45, 7) is 2.78. The van der Waals surface area contributed by atoms with E-state index in [1.807, 2.05) is 18.1 Å². The van der Waals surface area contributed by atoms with Crippen LogP contribution in [0.3, 0.4) is 0 Å². The Morgan fingerprint density at radius 3 is 2.66 bits per heavy atom. The van der Waals surface area contributed by atoms with E-state index in [0.717, 1.165) is 16.7 Å². The van der Waals surface area contributed by atoms with Crippen LogP contribution in [0.2, 0.25) is 0 Å². The van der Waals surface area contributed by atoms with E-state index in [-0.39, 0.29) is 11.3 Å². The molecule has 0 radical (unpaired) electrons. The van der Waals surface area contributed by atoms with Gasteiger partial charge < -0.3 is 10.0 Å². The third kappa shape index (κ3) is 4.01. The Labute approximate surface area is 185 Å². The molecule has 11 heteroatoms. The van der Waals surface area contributed by atoms with Gasteiger partial charge in [0.15, 0.2) is 5.65 Å². The molecule has 1 saturated heterocycles. The van der Waals surface area contributed by atoms with Gasteiger partial charge in [-0.2, -0.15) is 22.8 Å². The number of nitrogens with zero attached hydrogens (tertiary/aromatic N) is 4. The predicted molar refractivity (Wildman–Crippen MR) is 112 cm³/mol. The van der Waals surface area contributed by atoms with Crippen molar-refractivity contribution in [1.82, 2.24) is 14.6 Å². The van der Waals surface area contributed by atoms with Crippen molar-refractivity contribution < 1.29 is 27.5 Å². The Morgan fingerprint density at radius 2 is 2.03 bits per heavy atom. The molecule has 1 aliphatic heterocycles. The van der Waals surface area contributed by atoms with Crippen molar-refractivity contribution in [3.63, 3.8) is 0 Å². The lowest BCUT2D eigenvalue weighted by Gasteiger charge is -2.33. The highest BCUT2D eigenvalue weighted by Crippen LogP contribution is 2.36. The molecule has 32 heavy (non-hydrogen) atoms. The fourth-order valence-electron chi connectivity index (χ4n) is 4.02. The number of benzene rings is 1. The average molecular weight is 468 g/mol. The van der Waals surface area contributed by atoms with E-state index in [1.54, 1.807) is 10.6 Å². The summed E-state index contributed by atoms with van der Waals surface area (Å²) in [5, 5.41) is 14.0. The second-order valence-electron chi connectivity index (χ2n) is 7.67. The molecule has 1 N–H and O–H groups in total. The second kappa shape index (κ2) is 8.27. The van der Waals surface area contributed by atoms with Crippen LogP contribution in [0.5, 0.6) is 0 Å². The number of aryl methyl sites for hydroxylation is 1. The van der Waals surface area contributed by atoms with Crippen LogP contribution in [0.4, 0.5) is 23.4 Å². The Kier molecular flexibility index (Phi) is 5.78. The quantitative estimate of drug-likeness (QED) is 0.435. The SMILES string of the molecule is CSc1c(C)nc2cc(-c3ccc(C(F)(F)F)c(F)c3)nn2c1N1CCCC(C(=O)O)C1. The minimum absolute atomic E-state index is 0.192. The number of carbonyl (C=O) groups is 1. The van der Waals surface area contributed by atoms with Crippen LogP contribution >= 0.6 is 11.8 Å². The molecule has 0 aliphatic carbocycles. The molecule has 0 bridgehead atoms. The third-order valence-corrected chi connectivity index (χ3v) is 6.44. The van der Waals surface area contributed by atoms with Crippen LogP contribution in [0.1, 0.15) is 24.1 Å². The van der Waals surface area contributed by atoms with Gasteiger partial charge in [-0.05, 0) is 38.2 Å². The number of anilines is 1. The Balaban J connectivity index is 1.83. The van der Waals surface area contributed by atoms with Crippen LogP contribution in [0.15, 0.2) is 29.2 Å². The summed E-state index contributed by atoms with van der Waals surface area (Å²) < 4.78 is 54.4. The van der Waals surface area contributed by atoms with E-state index < -0.39 is 29.4 Å². The first-order chi connectivity index (χ1) is 15.1. The first-order valence-corrected chi connectivity index (χ1v) is 11.1. The summed E-state index contributed by atoms with van der Waals surface area (Å²) in [5.74, 6) is -2.06. The van der Waals surface area contributed by atoms with E-state index in [0.29, 0.717) is 43.5 Å². The van der Waals surface area contributed by atoms with Gasteiger partial charge in [-0.15, -0.1) is 11.8 Å². The number of hydrogen-bond donors (Lipinski definition) is 1. The third-order valence-electron chi connectivity index (χ3n) is 5.55. The predicted octanol–water partition coefficient (Wildman–Crippen LogP) is 4.89. The molecular formula is C21H20F4N4O2S. The monoisotopic (exact) mass is 468 g/mol. The van der Waals surface area contributed by atoms with Gasteiger partial charge in [0, 0.05) is 24.7 Å². The smallest absolute Gasteiger partial charge is 0.419 e. The lowest BCUT2D eigenvalue weighted by atomic mass is 9.98. The van der Waals surface area contributed by atoms with Gasteiger partial charge in [0.25, 0.3) is 0 Å². The highest BCUT2D eigenvalue weighted by Gasteiger charge is 2.34. The summed E-state index contributed by atoms with van der Waals surface area (Å²) in [6.07, 6.45) is -1.61. The van der Waals surface area contributed by atoms with Crippen LogP contribution in [0, 0.1) is 18.7 Å². The maximum atomic E-state index is 14.1. The molecule has 1 atom stereocenters. The highest BCUT2D eigenvalue weighted by molar-refractivity contribution is 7.98. The number of halogens is 4. The minimum atomic E-state index is -4.78. The van der Waals surface area contributed by atoms with E-state index in [9.17, 15) is 27.5 Å². The molecule has 1 unspecified atom stereocenters. The van der Waals surface area contributed by atoms with E-state index in [2.05, 4.69) is 10.1 Å². The number of carboxylic acid groups (broad SMARTS) is 1.